The van der Waals surface area contributed by atoms with Gasteiger partial charge in [-0.25, -0.2) is 4.98 Å². The zero-order valence-corrected chi connectivity index (χ0v) is 15.2. The Morgan fingerprint density at radius 1 is 1.08 bits per heavy atom. The lowest BCUT2D eigenvalue weighted by Gasteiger charge is -2.12. The van der Waals surface area contributed by atoms with Crippen LogP contribution in [0.1, 0.15) is 15.9 Å². The predicted octanol–water partition coefficient (Wildman–Crippen LogP) is 5.05. The number of aromatic nitrogens is 1. The van der Waals surface area contributed by atoms with Gasteiger partial charge in [-0.1, -0.05) is 29.8 Å². The number of pyridine rings is 1. The summed E-state index contributed by atoms with van der Waals surface area (Å²) in [5.74, 6) is 0.911. The van der Waals surface area contributed by atoms with Crippen LogP contribution in [0.2, 0.25) is 5.02 Å². The van der Waals surface area contributed by atoms with E-state index in [0.29, 0.717) is 27.8 Å². The number of carbonyl (C=O) groups excluding carboxylic acids is 1. The van der Waals surface area contributed by atoms with Gasteiger partial charge in [0, 0.05) is 22.5 Å². The van der Waals surface area contributed by atoms with Crippen LogP contribution in [0.25, 0.3) is 0 Å². The van der Waals surface area contributed by atoms with Crippen LogP contribution >= 0.6 is 11.6 Å². The van der Waals surface area contributed by atoms with Crippen LogP contribution in [0, 0.1) is 6.92 Å². The molecule has 0 radical (unpaired) electrons. The van der Waals surface area contributed by atoms with Crippen molar-refractivity contribution in [2.45, 2.75) is 6.92 Å². The standard InChI is InChI=1S/C20H18ClN3O2/c1-13-7-8-15(21)12-17(13)23-19-11-14(9-10-22-19)20(25)24-16-5-3-4-6-18(16)26-2/h3-12H,1-2H3,(H,22,23)(H,24,25). The molecule has 0 atom stereocenters. The zero-order chi connectivity index (χ0) is 18.5. The molecule has 3 aromatic rings. The second kappa shape index (κ2) is 7.89. The van der Waals surface area contributed by atoms with Crippen LogP contribution < -0.4 is 15.4 Å². The first kappa shape index (κ1) is 17.8. The number of rotatable bonds is 5. The van der Waals surface area contributed by atoms with Crippen molar-refractivity contribution >= 4 is 34.7 Å². The zero-order valence-electron chi connectivity index (χ0n) is 14.4. The number of halogens is 1. The van der Waals surface area contributed by atoms with Crippen LogP contribution in [-0.4, -0.2) is 18.0 Å². The molecule has 0 fully saturated rings. The third-order valence-electron chi connectivity index (χ3n) is 3.84. The Hall–Kier alpha value is -3.05. The molecule has 1 aromatic heterocycles. The first-order valence-electron chi connectivity index (χ1n) is 8.00. The lowest BCUT2D eigenvalue weighted by molar-refractivity contribution is 0.102. The largest absolute Gasteiger partial charge is 0.495 e. The summed E-state index contributed by atoms with van der Waals surface area (Å²) < 4.78 is 5.26. The number of anilines is 3. The molecule has 3 rings (SSSR count). The molecule has 0 unspecified atom stereocenters. The fourth-order valence-corrected chi connectivity index (χ4v) is 2.62. The molecule has 1 heterocycles. The smallest absolute Gasteiger partial charge is 0.255 e. The van der Waals surface area contributed by atoms with Crippen LogP contribution in [-0.2, 0) is 0 Å². The summed E-state index contributed by atoms with van der Waals surface area (Å²) in [6.45, 7) is 1.97. The molecule has 0 bridgehead atoms. The molecule has 0 saturated heterocycles. The monoisotopic (exact) mass is 367 g/mol. The van der Waals surface area contributed by atoms with Gasteiger partial charge in [0.1, 0.15) is 11.6 Å². The van der Waals surface area contributed by atoms with Gasteiger partial charge in [-0.2, -0.15) is 0 Å². The fourth-order valence-electron chi connectivity index (χ4n) is 2.45. The summed E-state index contributed by atoms with van der Waals surface area (Å²) in [4.78, 5) is 16.8. The van der Waals surface area contributed by atoms with E-state index in [1.165, 1.54) is 0 Å². The van der Waals surface area contributed by atoms with E-state index in [1.54, 1.807) is 37.6 Å². The number of carbonyl (C=O) groups is 1. The highest BCUT2D eigenvalue weighted by atomic mass is 35.5. The lowest BCUT2D eigenvalue weighted by atomic mass is 10.2. The molecular weight excluding hydrogens is 350 g/mol. The van der Waals surface area contributed by atoms with Crippen LogP contribution in [0.4, 0.5) is 17.2 Å². The maximum Gasteiger partial charge on any atom is 0.255 e. The molecule has 132 valence electrons. The van der Waals surface area contributed by atoms with Gasteiger partial charge in [0.2, 0.25) is 0 Å². The highest BCUT2D eigenvalue weighted by molar-refractivity contribution is 6.30. The second-order valence-corrected chi connectivity index (χ2v) is 6.10. The van der Waals surface area contributed by atoms with Crippen molar-refractivity contribution in [3.8, 4) is 5.75 Å². The average molecular weight is 368 g/mol. The molecule has 0 aliphatic heterocycles. The quantitative estimate of drug-likeness (QED) is 0.662. The number of ether oxygens (including phenoxy) is 1. The van der Waals surface area contributed by atoms with Gasteiger partial charge in [0.25, 0.3) is 5.91 Å². The number of hydrogen-bond donors (Lipinski definition) is 2. The van der Waals surface area contributed by atoms with Gasteiger partial charge >= 0.3 is 0 Å². The molecule has 2 N–H and O–H groups in total. The Labute approximate surface area is 157 Å². The Morgan fingerprint density at radius 2 is 1.88 bits per heavy atom. The number of nitrogens with one attached hydrogen (secondary N) is 2. The number of aryl methyl sites for hydroxylation is 1. The van der Waals surface area contributed by atoms with E-state index in [0.717, 1.165) is 11.3 Å². The molecule has 0 spiro atoms. The minimum atomic E-state index is -0.247. The van der Waals surface area contributed by atoms with Crippen molar-refractivity contribution in [2.75, 3.05) is 17.7 Å². The third kappa shape index (κ3) is 4.13. The van der Waals surface area contributed by atoms with E-state index < -0.39 is 0 Å². The minimum Gasteiger partial charge on any atom is -0.495 e. The summed E-state index contributed by atoms with van der Waals surface area (Å²) in [6.07, 6.45) is 1.58. The Balaban J connectivity index is 1.80. The van der Waals surface area contributed by atoms with Gasteiger partial charge in [-0.05, 0) is 48.9 Å². The summed E-state index contributed by atoms with van der Waals surface area (Å²) in [5.41, 5.74) is 2.96. The highest BCUT2D eigenvalue weighted by Gasteiger charge is 2.11. The molecule has 26 heavy (non-hydrogen) atoms. The summed E-state index contributed by atoms with van der Waals surface area (Å²) in [5, 5.41) is 6.67. The van der Waals surface area contributed by atoms with Crippen LogP contribution in [0.5, 0.6) is 5.75 Å². The Bertz CT molecular complexity index is 944. The normalized spacial score (nSPS) is 10.3. The summed E-state index contributed by atoms with van der Waals surface area (Å²) >= 11 is 6.05. The number of hydrogen-bond acceptors (Lipinski definition) is 4. The number of methoxy groups -OCH3 is 1. The molecule has 1 amide bonds. The van der Waals surface area contributed by atoms with E-state index >= 15 is 0 Å². The molecule has 0 saturated carbocycles. The van der Waals surface area contributed by atoms with Gasteiger partial charge in [0.05, 0.1) is 12.8 Å². The van der Waals surface area contributed by atoms with Gasteiger partial charge in [0.15, 0.2) is 0 Å². The van der Waals surface area contributed by atoms with Crippen molar-refractivity contribution in [1.29, 1.82) is 0 Å². The Kier molecular flexibility index (Phi) is 5.39. The van der Waals surface area contributed by atoms with Gasteiger partial charge in [-0.3, -0.25) is 4.79 Å². The number of benzene rings is 2. The highest BCUT2D eigenvalue weighted by Crippen LogP contribution is 2.25. The predicted molar refractivity (Wildman–Crippen MR) is 105 cm³/mol. The van der Waals surface area contributed by atoms with E-state index in [9.17, 15) is 4.79 Å². The average Bonchev–Trinajstić information content (AvgIpc) is 2.65. The summed E-state index contributed by atoms with van der Waals surface area (Å²) in [6, 6.07) is 16.2. The molecule has 0 aliphatic rings. The fraction of sp³-hybridized carbons (Fsp3) is 0.100. The Morgan fingerprint density at radius 3 is 2.69 bits per heavy atom. The van der Waals surface area contributed by atoms with E-state index in [4.69, 9.17) is 16.3 Å². The van der Waals surface area contributed by atoms with Crippen molar-refractivity contribution in [3.63, 3.8) is 0 Å². The third-order valence-corrected chi connectivity index (χ3v) is 4.07. The van der Waals surface area contributed by atoms with Crippen molar-refractivity contribution in [1.82, 2.24) is 4.98 Å². The van der Waals surface area contributed by atoms with E-state index in [1.807, 2.05) is 37.3 Å². The molecule has 6 heteroatoms. The number of para-hydroxylation sites is 2. The number of amides is 1. The maximum atomic E-state index is 12.6. The first-order chi connectivity index (χ1) is 12.6. The molecule has 5 nitrogen and oxygen atoms in total. The topological polar surface area (TPSA) is 63.2 Å². The number of nitrogens with zero attached hydrogens (tertiary/aromatic N) is 1. The van der Waals surface area contributed by atoms with E-state index in [2.05, 4.69) is 15.6 Å². The van der Waals surface area contributed by atoms with Gasteiger partial charge in [-0.15, -0.1) is 0 Å². The van der Waals surface area contributed by atoms with E-state index in [-0.39, 0.29) is 5.91 Å². The van der Waals surface area contributed by atoms with Gasteiger partial charge < -0.3 is 15.4 Å². The second-order valence-electron chi connectivity index (χ2n) is 5.67. The minimum absolute atomic E-state index is 0.247. The molecule has 0 aliphatic carbocycles. The molecular formula is C20H18ClN3O2. The summed E-state index contributed by atoms with van der Waals surface area (Å²) in [7, 11) is 1.56. The van der Waals surface area contributed by atoms with Crippen molar-refractivity contribution in [2.24, 2.45) is 0 Å². The van der Waals surface area contributed by atoms with Crippen LogP contribution in [0.15, 0.2) is 60.8 Å². The van der Waals surface area contributed by atoms with Crippen molar-refractivity contribution < 1.29 is 9.53 Å². The maximum absolute atomic E-state index is 12.6. The molecule has 2 aromatic carbocycles. The lowest BCUT2D eigenvalue weighted by Crippen LogP contribution is -2.13. The van der Waals surface area contributed by atoms with Crippen molar-refractivity contribution in [3.05, 3.63) is 76.9 Å². The SMILES string of the molecule is COc1ccccc1NC(=O)c1ccnc(Nc2cc(Cl)ccc2C)c1. The van der Waals surface area contributed by atoms with Crippen LogP contribution in [0.3, 0.4) is 0 Å². The first-order valence-corrected chi connectivity index (χ1v) is 8.38.